The summed E-state index contributed by atoms with van der Waals surface area (Å²) in [6, 6.07) is 10.9. The molecule has 1 amide bonds. The molecule has 0 saturated heterocycles. The van der Waals surface area contributed by atoms with Gasteiger partial charge in [-0.05, 0) is 44.0 Å². The smallest absolute Gasteiger partial charge is 0.269 e. The van der Waals surface area contributed by atoms with Gasteiger partial charge < -0.3 is 10.5 Å². The van der Waals surface area contributed by atoms with Gasteiger partial charge in [-0.25, -0.2) is 0 Å². The maximum absolute atomic E-state index is 12.8. The summed E-state index contributed by atoms with van der Waals surface area (Å²) in [6.45, 7) is 5.30. The molecule has 0 aliphatic carbocycles. The lowest BCUT2D eigenvalue weighted by atomic mass is 10.1. The molecule has 0 bridgehead atoms. The molecule has 1 aromatic heterocycles. The highest BCUT2D eigenvalue weighted by atomic mass is 35.5. The zero-order chi connectivity index (χ0) is 19.0. The van der Waals surface area contributed by atoms with Crippen molar-refractivity contribution in [3.05, 3.63) is 63.8 Å². The van der Waals surface area contributed by atoms with Crippen LogP contribution in [0.15, 0.2) is 36.4 Å². The second-order valence-corrected chi connectivity index (χ2v) is 6.66. The number of halogens is 1. The largest absolute Gasteiger partial charge is 0.482 e. The minimum atomic E-state index is -0.566. The number of hydrogen-bond acceptors (Lipinski definition) is 3. The highest BCUT2D eigenvalue weighted by molar-refractivity contribution is 6.32. The lowest BCUT2D eigenvalue weighted by molar-refractivity contribution is 0.0840. The van der Waals surface area contributed by atoms with Crippen LogP contribution >= 0.6 is 11.6 Å². The van der Waals surface area contributed by atoms with Gasteiger partial charge in [-0.1, -0.05) is 35.9 Å². The standard InChI is InChI=1S/C20H19ClN2O3/c1-11-8-12(2)19(15(21)9-11)26-10-17(24)23-13(3)18(20(22)25)14-6-4-5-7-16(14)23/h4-9H,10H2,1-3H3,(H2,22,25). The van der Waals surface area contributed by atoms with Crippen LogP contribution in [-0.4, -0.2) is 23.0 Å². The molecule has 3 aromatic rings. The number of aromatic nitrogens is 1. The first-order valence-corrected chi connectivity index (χ1v) is 8.51. The normalized spacial score (nSPS) is 10.9. The molecule has 134 valence electrons. The molecule has 0 unspecified atom stereocenters. The number of fused-ring (bicyclic) bond motifs is 1. The van der Waals surface area contributed by atoms with Crippen molar-refractivity contribution in [2.45, 2.75) is 20.8 Å². The van der Waals surface area contributed by atoms with Gasteiger partial charge in [-0.3, -0.25) is 14.2 Å². The molecule has 2 N–H and O–H groups in total. The Kier molecular flexibility index (Phi) is 4.74. The summed E-state index contributed by atoms with van der Waals surface area (Å²) in [7, 11) is 0. The first-order chi connectivity index (χ1) is 12.3. The maximum atomic E-state index is 12.8. The third-order valence-corrected chi connectivity index (χ3v) is 4.60. The van der Waals surface area contributed by atoms with Gasteiger partial charge in [0.05, 0.1) is 16.1 Å². The number of rotatable bonds is 4. The van der Waals surface area contributed by atoms with Gasteiger partial charge in [0.1, 0.15) is 5.75 Å². The molecular formula is C20H19ClN2O3. The number of hydrogen-bond donors (Lipinski definition) is 1. The molecule has 26 heavy (non-hydrogen) atoms. The van der Waals surface area contributed by atoms with E-state index in [9.17, 15) is 9.59 Å². The Morgan fingerprint density at radius 2 is 1.85 bits per heavy atom. The fourth-order valence-corrected chi connectivity index (χ4v) is 3.66. The summed E-state index contributed by atoms with van der Waals surface area (Å²) in [4.78, 5) is 24.6. The molecule has 2 aromatic carbocycles. The van der Waals surface area contributed by atoms with Crippen molar-refractivity contribution in [2.24, 2.45) is 5.73 Å². The number of aryl methyl sites for hydroxylation is 2. The van der Waals surface area contributed by atoms with E-state index < -0.39 is 5.91 Å². The van der Waals surface area contributed by atoms with Crippen molar-refractivity contribution < 1.29 is 14.3 Å². The minimum absolute atomic E-state index is 0.207. The van der Waals surface area contributed by atoms with Crippen molar-refractivity contribution in [1.29, 1.82) is 0 Å². The number of carbonyl (C=O) groups is 2. The average Bonchev–Trinajstić information content (AvgIpc) is 2.85. The fraction of sp³-hybridized carbons (Fsp3) is 0.200. The number of amides is 1. The van der Waals surface area contributed by atoms with E-state index in [1.165, 1.54) is 4.57 Å². The van der Waals surface area contributed by atoms with E-state index in [2.05, 4.69) is 0 Å². The fourth-order valence-electron chi connectivity index (χ4n) is 3.28. The molecule has 5 nitrogen and oxygen atoms in total. The molecule has 6 heteroatoms. The van der Waals surface area contributed by atoms with Crippen LogP contribution < -0.4 is 10.5 Å². The second-order valence-electron chi connectivity index (χ2n) is 6.25. The Balaban J connectivity index is 1.97. The Bertz CT molecular complexity index is 1010. The van der Waals surface area contributed by atoms with E-state index in [-0.39, 0.29) is 12.5 Å². The van der Waals surface area contributed by atoms with Gasteiger partial charge in [0.15, 0.2) is 6.61 Å². The van der Waals surface area contributed by atoms with Crippen molar-refractivity contribution in [1.82, 2.24) is 4.57 Å². The van der Waals surface area contributed by atoms with E-state index in [1.54, 1.807) is 37.3 Å². The second kappa shape index (κ2) is 6.84. The van der Waals surface area contributed by atoms with Crippen molar-refractivity contribution in [3.63, 3.8) is 0 Å². The average molecular weight is 371 g/mol. The van der Waals surface area contributed by atoms with E-state index in [1.807, 2.05) is 19.9 Å². The van der Waals surface area contributed by atoms with E-state index in [0.29, 0.717) is 32.9 Å². The lowest BCUT2D eigenvalue weighted by Gasteiger charge is -2.13. The number of nitrogens with zero attached hydrogens (tertiary/aromatic N) is 1. The van der Waals surface area contributed by atoms with E-state index >= 15 is 0 Å². The van der Waals surface area contributed by atoms with Crippen molar-refractivity contribution in [3.8, 4) is 5.75 Å². The monoisotopic (exact) mass is 370 g/mol. The third-order valence-electron chi connectivity index (χ3n) is 4.32. The van der Waals surface area contributed by atoms with Gasteiger partial charge in [-0.15, -0.1) is 0 Å². The third kappa shape index (κ3) is 3.06. The maximum Gasteiger partial charge on any atom is 0.269 e. The Morgan fingerprint density at radius 1 is 1.15 bits per heavy atom. The molecule has 1 heterocycles. The number of carbonyl (C=O) groups excluding carboxylic acids is 2. The van der Waals surface area contributed by atoms with Crippen LogP contribution in [0, 0.1) is 20.8 Å². The molecule has 0 atom stereocenters. The summed E-state index contributed by atoms with van der Waals surface area (Å²) >= 11 is 6.23. The number of benzene rings is 2. The van der Waals surface area contributed by atoms with Gasteiger partial charge in [-0.2, -0.15) is 0 Å². The Hall–Kier alpha value is -2.79. The van der Waals surface area contributed by atoms with E-state index in [4.69, 9.17) is 22.1 Å². The topological polar surface area (TPSA) is 74.3 Å². The van der Waals surface area contributed by atoms with Gasteiger partial charge in [0, 0.05) is 11.1 Å². The van der Waals surface area contributed by atoms with Crippen LogP contribution in [0.3, 0.4) is 0 Å². The molecular weight excluding hydrogens is 352 g/mol. The van der Waals surface area contributed by atoms with Crippen molar-refractivity contribution >= 4 is 34.3 Å². The predicted octanol–water partition coefficient (Wildman–Crippen LogP) is 4.04. The molecule has 0 aliphatic rings. The molecule has 0 radical (unpaired) electrons. The minimum Gasteiger partial charge on any atom is -0.482 e. The molecule has 3 rings (SSSR count). The highest BCUT2D eigenvalue weighted by Gasteiger charge is 2.22. The highest BCUT2D eigenvalue weighted by Crippen LogP contribution is 2.30. The van der Waals surface area contributed by atoms with Gasteiger partial charge in [0.25, 0.3) is 11.8 Å². The van der Waals surface area contributed by atoms with Crippen LogP contribution in [0.25, 0.3) is 10.9 Å². The quantitative estimate of drug-likeness (QED) is 0.753. The number of ether oxygens (including phenoxy) is 1. The number of primary amides is 1. The van der Waals surface area contributed by atoms with Crippen molar-refractivity contribution in [2.75, 3.05) is 6.61 Å². The number of para-hydroxylation sites is 1. The summed E-state index contributed by atoms with van der Waals surface area (Å²) in [5.41, 5.74) is 8.84. The van der Waals surface area contributed by atoms with Gasteiger partial charge in [0.2, 0.25) is 0 Å². The van der Waals surface area contributed by atoms with Crippen LogP contribution in [0.5, 0.6) is 5.75 Å². The summed E-state index contributed by atoms with van der Waals surface area (Å²) in [6.07, 6.45) is 0. The van der Waals surface area contributed by atoms with Crippen LogP contribution in [0.4, 0.5) is 0 Å². The lowest BCUT2D eigenvalue weighted by Crippen LogP contribution is -2.21. The molecule has 0 saturated carbocycles. The first kappa shape index (κ1) is 18.0. The van der Waals surface area contributed by atoms with E-state index in [0.717, 1.165) is 11.1 Å². The zero-order valence-corrected chi connectivity index (χ0v) is 15.6. The first-order valence-electron chi connectivity index (χ1n) is 8.14. The van der Waals surface area contributed by atoms with Crippen LogP contribution in [0.2, 0.25) is 5.02 Å². The Morgan fingerprint density at radius 3 is 2.50 bits per heavy atom. The Labute approximate surface area is 156 Å². The predicted molar refractivity (Wildman–Crippen MR) is 102 cm³/mol. The van der Waals surface area contributed by atoms with Gasteiger partial charge >= 0.3 is 0 Å². The summed E-state index contributed by atoms with van der Waals surface area (Å²) in [5.74, 6) is -0.388. The van der Waals surface area contributed by atoms with Crippen LogP contribution in [0.1, 0.15) is 32.0 Å². The molecule has 0 fully saturated rings. The molecule has 0 spiro atoms. The summed E-state index contributed by atoms with van der Waals surface area (Å²) in [5, 5.41) is 1.11. The van der Waals surface area contributed by atoms with Crippen LogP contribution in [-0.2, 0) is 0 Å². The zero-order valence-electron chi connectivity index (χ0n) is 14.8. The number of nitrogens with two attached hydrogens (primary N) is 1. The SMILES string of the molecule is Cc1cc(C)c(OCC(=O)n2c(C)c(C(N)=O)c3ccccc32)c(Cl)c1. The molecule has 0 aliphatic heterocycles. The summed E-state index contributed by atoms with van der Waals surface area (Å²) < 4.78 is 7.16.